The van der Waals surface area contributed by atoms with E-state index in [0.717, 1.165) is 11.3 Å². The number of aryl methyl sites for hydroxylation is 4. The molecule has 0 radical (unpaired) electrons. The van der Waals surface area contributed by atoms with Gasteiger partial charge in [0.25, 0.3) is 5.91 Å². The van der Waals surface area contributed by atoms with Gasteiger partial charge < -0.3 is 10.1 Å². The standard InChI is InChI=1S/C22H29NO2/c1-7-21(25-19-10-8-14(2)9-11-19)22(24)23-18(6)20-13-16(4)15(3)12-17(20)5/h8-13,18,21H,7H2,1-6H3,(H,23,24)/t18-,21-/m0/s1. The third kappa shape index (κ3) is 4.85. The number of hydrogen-bond acceptors (Lipinski definition) is 2. The fraction of sp³-hybridized carbons (Fsp3) is 0.409. The maximum Gasteiger partial charge on any atom is 0.261 e. The summed E-state index contributed by atoms with van der Waals surface area (Å²) >= 11 is 0. The van der Waals surface area contributed by atoms with Crippen molar-refractivity contribution >= 4 is 5.91 Å². The zero-order chi connectivity index (χ0) is 18.6. The van der Waals surface area contributed by atoms with Crippen LogP contribution in [0.15, 0.2) is 36.4 Å². The molecular formula is C22H29NO2. The summed E-state index contributed by atoms with van der Waals surface area (Å²) in [5, 5.41) is 3.10. The molecule has 0 aliphatic carbocycles. The number of nitrogens with one attached hydrogen (secondary N) is 1. The van der Waals surface area contributed by atoms with Crippen molar-refractivity contribution < 1.29 is 9.53 Å². The fourth-order valence-electron chi connectivity index (χ4n) is 2.94. The molecule has 0 heterocycles. The molecule has 0 saturated carbocycles. The van der Waals surface area contributed by atoms with E-state index in [1.807, 2.05) is 45.0 Å². The highest BCUT2D eigenvalue weighted by molar-refractivity contribution is 5.81. The Labute approximate surface area is 151 Å². The maximum atomic E-state index is 12.7. The third-order valence-electron chi connectivity index (χ3n) is 4.67. The first-order valence-electron chi connectivity index (χ1n) is 8.93. The van der Waals surface area contributed by atoms with Crippen LogP contribution in [0.4, 0.5) is 0 Å². The van der Waals surface area contributed by atoms with Crippen LogP contribution in [0.3, 0.4) is 0 Å². The highest BCUT2D eigenvalue weighted by atomic mass is 16.5. The number of rotatable bonds is 6. The predicted octanol–water partition coefficient (Wildman–Crippen LogP) is 4.96. The van der Waals surface area contributed by atoms with E-state index in [0.29, 0.717) is 6.42 Å². The lowest BCUT2D eigenvalue weighted by molar-refractivity contribution is -0.128. The van der Waals surface area contributed by atoms with Crippen molar-refractivity contribution in [1.82, 2.24) is 5.32 Å². The Morgan fingerprint density at radius 2 is 1.60 bits per heavy atom. The Hall–Kier alpha value is -2.29. The topological polar surface area (TPSA) is 38.3 Å². The lowest BCUT2D eigenvalue weighted by atomic mass is 9.96. The molecule has 0 fully saturated rings. The van der Waals surface area contributed by atoms with E-state index < -0.39 is 6.10 Å². The molecule has 0 spiro atoms. The Morgan fingerprint density at radius 3 is 2.20 bits per heavy atom. The average Bonchev–Trinajstić information content (AvgIpc) is 2.57. The highest BCUT2D eigenvalue weighted by Gasteiger charge is 2.21. The van der Waals surface area contributed by atoms with E-state index >= 15 is 0 Å². The van der Waals surface area contributed by atoms with E-state index in [4.69, 9.17) is 4.74 Å². The molecule has 0 aliphatic heterocycles. The second-order valence-electron chi connectivity index (χ2n) is 6.85. The number of ether oxygens (including phenoxy) is 1. The van der Waals surface area contributed by atoms with Crippen LogP contribution in [-0.2, 0) is 4.79 Å². The minimum absolute atomic E-state index is 0.0533. The van der Waals surface area contributed by atoms with Crippen molar-refractivity contribution in [1.29, 1.82) is 0 Å². The first kappa shape index (κ1) is 19.0. The van der Waals surface area contributed by atoms with Gasteiger partial charge in [0.1, 0.15) is 5.75 Å². The van der Waals surface area contributed by atoms with Crippen LogP contribution in [0.25, 0.3) is 0 Å². The fourth-order valence-corrected chi connectivity index (χ4v) is 2.94. The smallest absolute Gasteiger partial charge is 0.261 e. The largest absolute Gasteiger partial charge is 0.481 e. The van der Waals surface area contributed by atoms with Crippen molar-refractivity contribution in [3.8, 4) is 5.75 Å². The molecule has 2 aromatic carbocycles. The maximum absolute atomic E-state index is 12.7. The molecule has 0 bridgehead atoms. The molecule has 2 atom stereocenters. The first-order chi connectivity index (χ1) is 11.8. The minimum Gasteiger partial charge on any atom is -0.481 e. The molecule has 134 valence electrons. The van der Waals surface area contributed by atoms with E-state index in [1.54, 1.807) is 0 Å². The summed E-state index contributed by atoms with van der Waals surface area (Å²) in [6.45, 7) is 12.3. The van der Waals surface area contributed by atoms with Gasteiger partial charge in [-0.15, -0.1) is 0 Å². The summed E-state index contributed by atoms with van der Waals surface area (Å²) in [4.78, 5) is 12.7. The lowest BCUT2D eigenvalue weighted by Gasteiger charge is -2.22. The zero-order valence-corrected chi connectivity index (χ0v) is 16.1. The summed E-state index contributed by atoms with van der Waals surface area (Å²) in [5.74, 6) is 0.649. The predicted molar refractivity (Wildman–Crippen MR) is 103 cm³/mol. The SMILES string of the molecule is CC[C@H](Oc1ccc(C)cc1)C(=O)N[C@@H](C)c1cc(C)c(C)cc1C. The first-order valence-corrected chi connectivity index (χ1v) is 8.93. The summed E-state index contributed by atoms with van der Waals surface area (Å²) in [5.41, 5.74) is 6.03. The van der Waals surface area contributed by atoms with E-state index in [9.17, 15) is 4.79 Å². The van der Waals surface area contributed by atoms with Gasteiger partial charge in [-0.3, -0.25) is 4.79 Å². The summed E-state index contributed by atoms with van der Waals surface area (Å²) in [7, 11) is 0. The van der Waals surface area contributed by atoms with Gasteiger partial charge in [-0.1, -0.05) is 36.8 Å². The van der Waals surface area contributed by atoms with Gasteiger partial charge in [0.05, 0.1) is 6.04 Å². The van der Waals surface area contributed by atoms with Crippen molar-refractivity contribution in [3.05, 3.63) is 64.2 Å². The molecule has 0 saturated heterocycles. The zero-order valence-electron chi connectivity index (χ0n) is 16.1. The Morgan fingerprint density at radius 1 is 1.00 bits per heavy atom. The van der Waals surface area contributed by atoms with E-state index in [-0.39, 0.29) is 11.9 Å². The summed E-state index contributed by atoms with van der Waals surface area (Å²) in [6.07, 6.45) is 0.134. The molecule has 3 heteroatoms. The molecule has 25 heavy (non-hydrogen) atoms. The molecule has 2 rings (SSSR count). The molecule has 0 unspecified atom stereocenters. The van der Waals surface area contributed by atoms with Gasteiger partial charge in [0.15, 0.2) is 6.10 Å². The second kappa shape index (κ2) is 8.19. The molecule has 3 nitrogen and oxygen atoms in total. The van der Waals surface area contributed by atoms with E-state index in [1.165, 1.54) is 22.3 Å². The van der Waals surface area contributed by atoms with Crippen LogP contribution in [0, 0.1) is 27.7 Å². The lowest BCUT2D eigenvalue weighted by Crippen LogP contribution is -2.39. The molecule has 1 amide bonds. The van der Waals surface area contributed by atoms with Gasteiger partial charge in [-0.2, -0.15) is 0 Å². The van der Waals surface area contributed by atoms with Gasteiger partial charge in [-0.25, -0.2) is 0 Å². The van der Waals surface area contributed by atoms with Gasteiger partial charge in [-0.05, 0) is 75.4 Å². The van der Waals surface area contributed by atoms with Crippen molar-refractivity contribution in [2.75, 3.05) is 0 Å². The Kier molecular flexibility index (Phi) is 6.24. The minimum atomic E-state index is -0.489. The van der Waals surface area contributed by atoms with Crippen molar-refractivity contribution in [2.45, 2.75) is 60.1 Å². The molecule has 1 N–H and O–H groups in total. The van der Waals surface area contributed by atoms with Gasteiger partial charge in [0.2, 0.25) is 0 Å². The number of amides is 1. The number of carbonyl (C=O) groups is 1. The molecular weight excluding hydrogens is 310 g/mol. The summed E-state index contributed by atoms with van der Waals surface area (Å²) in [6, 6.07) is 12.1. The van der Waals surface area contributed by atoms with Gasteiger partial charge in [0, 0.05) is 0 Å². The Bertz CT molecular complexity index is 734. The molecule has 0 aromatic heterocycles. The van der Waals surface area contributed by atoms with E-state index in [2.05, 4.69) is 38.2 Å². The number of benzene rings is 2. The Balaban J connectivity index is 2.08. The normalized spacial score (nSPS) is 13.2. The molecule has 0 aliphatic rings. The quantitative estimate of drug-likeness (QED) is 0.808. The average molecular weight is 339 g/mol. The van der Waals surface area contributed by atoms with Gasteiger partial charge >= 0.3 is 0 Å². The third-order valence-corrected chi connectivity index (χ3v) is 4.67. The summed E-state index contributed by atoms with van der Waals surface area (Å²) < 4.78 is 5.88. The van der Waals surface area contributed by atoms with Crippen LogP contribution in [0.2, 0.25) is 0 Å². The highest BCUT2D eigenvalue weighted by Crippen LogP contribution is 2.22. The van der Waals surface area contributed by atoms with Crippen LogP contribution in [0.5, 0.6) is 5.75 Å². The van der Waals surface area contributed by atoms with Crippen LogP contribution in [0.1, 0.15) is 54.1 Å². The number of carbonyl (C=O) groups excluding carboxylic acids is 1. The van der Waals surface area contributed by atoms with Crippen molar-refractivity contribution in [3.63, 3.8) is 0 Å². The van der Waals surface area contributed by atoms with Crippen LogP contribution >= 0.6 is 0 Å². The van der Waals surface area contributed by atoms with Crippen LogP contribution in [-0.4, -0.2) is 12.0 Å². The second-order valence-corrected chi connectivity index (χ2v) is 6.85. The number of hydrogen-bond donors (Lipinski definition) is 1. The van der Waals surface area contributed by atoms with Crippen molar-refractivity contribution in [2.24, 2.45) is 0 Å². The van der Waals surface area contributed by atoms with Crippen LogP contribution < -0.4 is 10.1 Å². The monoisotopic (exact) mass is 339 g/mol. The molecule has 2 aromatic rings.